The van der Waals surface area contributed by atoms with Crippen molar-refractivity contribution in [3.63, 3.8) is 0 Å². The summed E-state index contributed by atoms with van der Waals surface area (Å²) in [5, 5.41) is 10.9. The first kappa shape index (κ1) is 10.9. The van der Waals surface area contributed by atoms with Crippen molar-refractivity contribution in [2.45, 2.75) is 0 Å². The highest BCUT2D eigenvalue weighted by atomic mass is 35.5. The molecule has 0 saturated carbocycles. The first-order valence-corrected chi connectivity index (χ1v) is 5.69. The predicted octanol–water partition coefficient (Wildman–Crippen LogP) is 3.05. The molecule has 4 nitrogen and oxygen atoms in total. The molecule has 3 rings (SSSR count). The van der Waals surface area contributed by atoms with E-state index in [4.69, 9.17) is 11.6 Å². The van der Waals surface area contributed by atoms with Gasteiger partial charge in [0.25, 0.3) is 0 Å². The van der Waals surface area contributed by atoms with Gasteiger partial charge >= 0.3 is 0 Å². The second-order valence-corrected chi connectivity index (χ2v) is 4.14. The molecule has 1 aromatic carbocycles. The van der Waals surface area contributed by atoms with Crippen LogP contribution < -0.4 is 0 Å². The third-order valence-electron chi connectivity index (χ3n) is 2.56. The van der Waals surface area contributed by atoms with E-state index in [0.717, 1.165) is 10.9 Å². The third kappa shape index (κ3) is 1.87. The Morgan fingerprint density at radius 2 is 1.83 bits per heavy atom. The van der Waals surface area contributed by atoms with E-state index in [1.54, 1.807) is 6.07 Å². The molecule has 88 valence electrons. The number of nitrogens with zero attached hydrogens (tertiary/aromatic N) is 3. The van der Waals surface area contributed by atoms with Crippen molar-refractivity contribution in [3.05, 3.63) is 47.7 Å². The number of benzene rings is 1. The van der Waals surface area contributed by atoms with Crippen molar-refractivity contribution in [2.75, 3.05) is 0 Å². The van der Waals surface area contributed by atoms with Crippen LogP contribution in [-0.2, 0) is 0 Å². The number of halogens is 1. The van der Waals surface area contributed by atoms with Crippen LogP contribution in [0.1, 0.15) is 0 Å². The van der Waals surface area contributed by atoms with E-state index in [0.29, 0.717) is 5.69 Å². The lowest BCUT2D eigenvalue weighted by Crippen LogP contribution is -1.91. The van der Waals surface area contributed by atoms with Crippen LogP contribution in [0.15, 0.2) is 42.6 Å². The molecule has 0 atom stereocenters. The molecule has 0 bridgehead atoms. The molecule has 18 heavy (non-hydrogen) atoms. The zero-order chi connectivity index (χ0) is 12.5. The zero-order valence-electron chi connectivity index (χ0n) is 9.21. The number of pyridine rings is 1. The molecular formula is C13H8ClN3O. The van der Waals surface area contributed by atoms with E-state index in [1.165, 1.54) is 6.20 Å². The summed E-state index contributed by atoms with van der Waals surface area (Å²) in [7, 11) is 0. The molecule has 0 aliphatic rings. The Labute approximate surface area is 108 Å². The van der Waals surface area contributed by atoms with Gasteiger partial charge in [-0.15, -0.1) is 0 Å². The van der Waals surface area contributed by atoms with Crippen molar-refractivity contribution < 1.29 is 5.11 Å². The minimum atomic E-state index is -0.179. The number of aromatic nitrogens is 3. The minimum Gasteiger partial charge on any atom is -0.492 e. The van der Waals surface area contributed by atoms with Crippen LogP contribution in [0.5, 0.6) is 5.88 Å². The SMILES string of the molecule is Oc1ncc(Cl)nc1-c1ccc2ccccc2n1. The summed E-state index contributed by atoms with van der Waals surface area (Å²) in [6.45, 7) is 0. The van der Waals surface area contributed by atoms with Gasteiger partial charge in [-0.05, 0) is 12.1 Å². The van der Waals surface area contributed by atoms with Crippen molar-refractivity contribution >= 4 is 22.5 Å². The normalized spacial score (nSPS) is 10.7. The molecule has 0 amide bonds. The summed E-state index contributed by atoms with van der Waals surface area (Å²) in [4.78, 5) is 12.2. The van der Waals surface area contributed by atoms with Gasteiger partial charge in [-0.1, -0.05) is 35.9 Å². The highest BCUT2D eigenvalue weighted by Crippen LogP contribution is 2.26. The fourth-order valence-corrected chi connectivity index (χ4v) is 1.86. The number of aromatic hydroxyl groups is 1. The molecule has 0 saturated heterocycles. The van der Waals surface area contributed by atoms with E-state index in [1.807, 2.05) is 30.3 Å². The van der Waals surface area contributed by atoms with E-state index < -0.39 is 0 Å². The van der Waals surface area contributed by atoms with Crippen LogP contribution >= 0.6 is 11.6 Å². The van der Waals surface area contributed by atoms with Gasteiger partial charge < -0.3 is 5.11 Å². The fraction of sp³-hybridized carbons (Fsp3) is 0. The van der Waals surface area contributed by atoms with Crippen LogP contribution in [-0.4, -0.2) is 20.1 Å². The molecule has 0 aliphatic heterocycles. The van der Waals surface area contributed by atoms with Crippen molar-refractivity contribution in [1.29, 1.82) is 0 Å². The Hall–Kier alpha value is -2.20. The van der Waals surface area contributed by atoms with Gasteiger partial charge in [-0.3, -0.25) is 0 Å². The first-order valence-electron chi connectivity index (χ1n) is 5.32. The van der Waals surface area contributed by atoms with Gasteiger partial charge in [0.15, 0.2) is 5.69 Å². The molecule has 0 fully saturated rings. The zero-order valence-corrected chi connectivity index (χ0v) is 9.96. The molecule has 0 unspecified atom stereocenters. The first-order chi connectivity index (χ1) is 8.74. The number of rotatable bonds is 1. The second kappa shape index (κ2) is 4.23. The summed E-state index contributed by atoms with van der Waals surface area (Å²) in [5.74, 6) is -0.179. The number of hydrogen-bond donors (Lipinski definition) is 1. The van der Waals surface area contributed by atoms with Crippen LogP contribution in [0.25, 0.3) is 22.3 Å². The van der Waals surface area contributed by atoms with E-state index >= 15 is 0 Å². The van der Waals surface area contributed by atoms with E-state index in [2.05, 4.69) is 15.0 Å². The smallest absolute Gasteiger partial charge is 0.239 e. The van der Waals surface area contributed by atoms with Gasteiger partial charge in [0, 0.05) is 5.39 Å². The predicted molar refractivity (Wildman–Crippen MR) is 69.4 cm³/mol. The van der Waals surface area contributed by atoms with Crippen LogP contribution in [0.3, 0.4) is 0 Å². The van der Waals surface area contributed by atoms with Crippen molar-refractivity contribution in [1.82, 2.24) is 15.0 Å². The Morgan fingerprint density at radius 3 is 2.72 bits per heavy atom. The van der Waals surface area contributed by atoms with Crippen LogP contribution in [0.2, 0.25) is 5.15 Å². The summed E-state index contributed by atoms with van der Waals surface area (Å²) >= 11 is 5.77. The van der Waals surface area contributed by atoms with Gasteiger partial charge in [0.2, 0.25) is 5.88 Å². The third-order valence-corrected chi connectivity index (χ3v) is 2.75. The number of para-hydroxylation sites is 1. The molecule has 5 heteroatoms. The lowest BCUT2D eigenvalue weighted by Gasteiger charge is -2.04. The summed E-state index contributed by atoms with van der Waals surface area (Å²) in [6, 6.07) is 11.4. The quantitative estimate of drug-likeness (QED) is 0.728. The number of fused-ring (bicyclic) bond motifs is 1. The standard InChI is InChI=1S/C13H8ClN3O/c14-11-7-15-13(18)12(17-11)10-6-5-8-3-1-2-4-9(8)16-10/h1-7H,(H,15,18). The largest absolute Gasteiger partial charge is 0.492 e. The lowest BCUT2D eigenvalue weighted by molar-refractivity contribution is 0.453. The van der Waals surface area contributed by atoms with Crippen molar-refractivity contribution in [2.24, 2.45) is 0 Å². The summed E-state index contributed by atoms with van der Waals surface area (Å²) < 4.78 is 0. The molecule has 0 aliphatic carbocycles. The molecule has 0 spiro atoms. The highest BCUT2D eigenvalue weighted by Gasteiger charge is 2.10. The average molecular weight is 258 g/mol. The monoisotopic (exact) mass is 257 g/mol. The van der Waals surface area contributed by atoms with Gasteiger partial charge in [0.1, 0.15) is 5.15 Å². The van der Waals surface area contributed by atoms with Crippen LogP contribution in [0.4, 0.5) is 0 Å². The van der Waals surface area contributed by atoms with E-state index in [-0.39, 0.29) is 16.7 Å². The molecule has 1 N–H and O–H groups in total. The maximum atomic E-state index is 9.69. The Bertz CT molecular complexity index is 730. The summed E-state index contributed by atoms with van der Waals surface area (Å²) in [6.07, 6.45) is 1.29. The van der Waals surface area contributed by atoms with Gasteiger partial charge in [0.05, 0.1) is 17.4 Å². The highest BCUT2D eigenvalue weighted by molar-refractivity contribution is 6.29. The maximum Gasteiger partial charge on any atom is 0.239 e. The van der Waals surface area contributed by atoms with Crippen LogP contribution in [0, 0.1) is 0 Å². The number of hydrogen-bond acceptors (Lipinski definition) is 4. The topological polar surface area (TPSA) is 58.9 Å². The second-order valence-electron chi connectivity index (χ2n) is 3.75. The van der Waals surface area contributed by atoms with Crippen molar-refractivity contribution in [3.8, 4) is 17.3 Å². The molecule has 0 radical (unpaired) electrons. The Kier molecular flexibility index (Phi) is 2.57. The van der Waals surface area contributed by atoms with Gasteiger partial charge in [-0.25, -0.2) is 15.0 Å². The Balaban J connectivity index is 2.22. The fourth-order valence-electron chi connectivity index (χ4n) is 1.73. The molecule has 2 heterocycles. The summed E-state index contributed by atoms with van der Waals surface area (Å²) in [5.41, 5.74) is 1.66. The lowest BCUT2D eigenvalue weighted by atomic mass is 10.2. The van der Waals surface area contributed by atoms with Gasteiger partial charge in [-0.2, -0.15) is 0 Å². The molecular weight excluding hydrogens is 250 g/mol. The molecule has 2 aromatic heterocycles. The van der Waals surface area contributed by atoms with E-state index in [9.17, 15) is 5.11 Å². The molecule has 3 aromatic rings. The minimum absolute atomic E-state index is 0.179. The maximum absolute atomic E-state index is 9.69. The Morgan fingerprint density at radius 1 is 1.00 bits per heavy atom. The average Bonchev–Trinajstić information content (AvgIpc) is 2.41.